The highest BCUT2D eigenvalue weighted by atomic mass is 31.0. The van der Waals surface area contributed by atoms with Crippen molar-refractivity contribution in [1.82, 2.24) is 0 Å². The van der Waals surface area contributed by atoms with E-state index in [4.69, 9.17) is 5.41 Å². The van der Waals surface area contributed by atoms with Crippen molar-refractivity contribution in [3.63, 3.8) is 0 Å². The number of hydrogen-bond acceptors (Lipinski definition) is 1. The molecule has 2 unspecified atom stereocenters. The third-order valence-electron chi connectivity index (χ3n) is 2.11. The Morgan fingerprint density at radius 1 is 1.50 bits per heavy atom. The van der Waals surface area contributed by atoms with E-state index in [-0.39, 0.29) is 11.5 Å². The molecule has 1 aromatic carbocycles. The summed E-state index contributed by atoms with van der Waals surface area (Å²) in [7, 11) is 2.01. The Labute approximate surface area is 97.0 Å². The van der Waals surface area contributed by atoms with Gasteiger partial charge in [-0.1, -0.05) is 46.2 Å². The van der Waals surface area contributed by atoms with Crippen molar-refractivity contribution < 1.29 is 4.39 Å². The van der Waals surface area contributed by atoms with Crippen LogP contribution in [0.25, 0.3) is 6.08 Å². The first kappa shape index (κ1) is 12.7. The molecule has 0 spiro atoms. The number of halogens is 1. The Bertz CT molecular complexity index is 421. The molecule has 0 radical (unpaired) electrons. The second-order valence-electron chi connectivity index (χ2n) is 3.33. The van der Waals surface area contributed by atoms with Gasteiger partial charge >= 0.3 is 0 Å². The van der Waals surface area contributed by atoms with E-state index in [1.54, 1.807) is 25.1 Å². The molecule has 1 N–H and O–H groups in total. The summed E-state index contributed by atoms with van der Waals surface area (Å²) in [5, 5.41) is 7.69. The van der Waals surface area contributed by atoms with Crippen molar-refractivity contribution in [3.8, 4) is 0 Å². The minimum absolute atomic E-state index is 0.0678. The molecule has 0 aliphatic rings. The van der Waals surface area contributed by atoms with Gasteiger partial charge in [0.15, 0.2) is 11.7 Å². The second kappa shape index (κ2) is 5.66. The Morgan fingerprint density at radius 2 is 2.06 bits per heavy atom. The van der Waals surface area contributed by atoms with E-state index in [0.29, 0.717) is 5.56 Å². The van der Waals surface area contributed by atoms with E-state index in [2.05, 4.69) is 11.6 Å². The van der Waals surface area contributed by atoms with Crippen molar-refractivity contribution in [2.75, 3.05) is 0 Å². The summed E-state index contributed by atoms with van der Waals surface area (Å²) in [6.07, 6.45) is 1.72. The van der Waals surface area contributed by atoms with Gasteiger partial charge in [-0.25, -0.2) is 9.38 Å². The van der Waals surface area contributed by atoms with Crippen LogP contribution in [0, 0.1) is 5.41 Å². The highest BCUT2D eigenvalue weighted by molar-refractivity contribution is 7.19. The fourth-order valence-electron chi connectivity index (χ4n) is 1.08. The lowest BCUT2D eigenvalue weighted by molar-refractivity contribution is 0.540. The van der Waals surface area contributed by atoms with Gasteiger partial charge in [0.05, 0.1) is 5.71 Å². The number of nitrogens with one attached hydrogen (secondary N) is 1. The van der Waals surface area contributed by atoms with Crippen molar-refractivity contribution in [2.45, 2.75) is 12.8 Å². The van der Waals surface area contributed by atoms with Gasteiger partial charge in [0.1, 0.15) is 0 Å². The lowest BCUT2D eigenvalue weighted by Gasteiger charge is -2.03. The zero-order chi connectivity index (χ0) is 12.1. The van der Waals surface area contributed by atoms with E-state index < -0.39 is 5.91 Å². The number of rotatable bonds is 3. The Kier molecular flexibility index (Phi) is 4.51. The summed E-state index contributed by atoms with van der Waals surface area (Å²) >= 11 is 0. The van der Waals surface area contributed by atoms with Crippen molar-refractivity contribution >= 4 is 26.9 Å². The van der Waals surface area contributed by atoms with E-state index in [1.165, 1.54) is 0 Å². The van der Waals surface area contributed by atoms with Crippen LogP contribution in [0.2, 0.25) is 0 Å². The quantitative estimate of drug-likeness (QED) is 0.475. The molecule has 0 aromatic heterocycles. The zero-order valence-electron chi connectivity index (χ0n) is 9.07. The third-order valence-corrected chi connectivity index (χ3v) is 2.59. The van der Waals surface area contributed by atoms with E-state index >= 15 is 0 Å². The molecule has 0 aliphatic carbocycles. The van der Waals surface area contributed by atoms with Crippen molar-refractivity contribution in [1.29, 1.82) is 5.41 Å². The van der Waals surface area contributed by atoms with Crippen LogP contribution in [0.5, 0.6) is 0 Å². The lowest BCUT2D eigenvalue weighted by atomic mass is 10.1. The van der Waals surface area contributed by atoms with Crippen LogP contribution in [0.1, 0.15) is 18.1 Å². The number of nitrogens with zero attached hydrogens (tertiary/aromatic N) is 1. The first-order chi connectivity index (χ1) is 7.54. The normalized spacial score (nSPS) is 13.3. The van der Waals surface area contributed by atoms with Gasteiger partial charge in [0, 0.05) is 5.56 Å². The van der Waals surface area contributed by atoms with Gasteiger partial charge in [-0.05, 0) is 12.5 Å². The number of hydrogen-bond donors (Lipinski definition) is 1. The van der Waals surface area contributed by atoms with Gasteiger partial charge in [-0.3, -0.25) is 5.41 Å². The van der Waals surface area contributed by atoms with Crippen LogP contribution >= 0.6 is 9.24 Å². The monoisotopic (exact) mass is 236 g/mol. The summed E-state index contributed by atoms with van der Waals surface area (Å²) in [5.74, 6) is -1.13. The molecular weight excluding hydrogens is 222 g/mol. The molecule has 0 bridgehead atoms. The molecule has 0 fully saturated rings. The van der Waals surface area contributed by atoms with E-state index in [0.717, 1.165) is 5.56 Å². The van der Waals surface area contributed by atoms with E-state index in [1.807, 2.05) is 21.4 Å². The molecule has 2 atom stereocenters. The molecule has 0 aliphatic heterocycles. The fraction of sp³-hybridized carbons (Fsp3) is 0.167. The SMILES string of the molecule is C=Cc1ccc(C(=N)N=C(C)C(F)P)cc1. The molecular formula is C12H14FN2P. The summed E-state index contributed by atoms with van der Waals surface area (Å²) in [6, 6.07) is 7.23. The number of amidine groups is 1. The van der Waals surface area contributed by atoms with Crippen LogP contribution in [0.4, 0.5) is 4.39 Å². The van der Waals surface area contributed by atoms with Crippen LogP contribution < -0.4 is 0 Å². The Morgan fingerprint density at radius 3 is 2.50 bits per heavy atom. The second-order valence-corrected chi connectivity index (χ2v) is 3.91. The summed E-state index contributed by atoms with van der Waals surface area (Å²) < 4.78 is 12.8. The smallest absolute Gasteiger partial charge is 0.151 e. The molecule has 16 heavy (non-hydrogen) atoms. The molecule has 1 rings (SSSR count). The molecule has 2 nitrogen and oxygen atoms in total. The Balaban J connectivity index is 2.89. The molecule has 1 aromatic rings. The average Bonchev–Trinajstić information content (AvgIpc) is 2.28. The minimum atomic E-state index is -1.20. The van der Waals surface area contributed by atoms with Gasteiger partial charge in [-0.2, -0.15) is 0 Å². The minimum Gasteiger partial charge on any atom is -0.282 e. The van der Waals surface area contributed by atoms with Gasteiger partial charge in [-0.15, -0.1) is 0 Å². The highest BCUT2D eigenvalue weighted by Crippen LogP contribution is 2.09. The standard InChI is InChI=1S/C12H14FN2P/c1-3-9-4-6-10(7-5-9)12(14)15-8(2)11(13)16/h3-7,11,14H,1,16H2,2H3. The highest BCUT2D eigenvalue weighted by Gasteiger charge is 2.05. The average molecular weight is 236 g/mol. The van der Waals surface area contributed by atoms with Crippen molar-refractivity contribution in [2.24, 2.45) is 4.99 Å². The van der Waals surface area contributed by atoms with Gasteiger partial charge in [0.2, 0.25) is 0 Å². The summed E-state index contributed by atoms with van der Waals surface area (Å²) in [4.78, 5) is 3.88. The van der Waals surface area contributed by atoms with Crippen LogP contribution in [0.15, 0.2) is 35.8 Å². The first-order valence-electron chi connectivity index (χ1n) is 4.81. The molecule has 0 amide bonds. The topological polar surface area (TPSA) is 36.2 Å². The van der Waals surface area contributed by atoms with E-state index in [9.17, 15) is 4.39 Å². The fourth-order valence-corrected chi connectivity index (χ4v) is 1.15. The predicted molar refractivity (Wildman–Crippen MR) is 71.1 cm³/mol. The maximum atomic E-state index is 12.8. The van der Waals surface area contributed by atoms with Crippen LogP contribution in [-0.2, 0) is 0 Å². The van der Waals surface area contributed by atoms with Crippen LogP contribution in [0.3, 0.4) is 0 Å². The molecule has 0 heterocycles. The maximum Gasteiger partial charge on any atom is 0.151 e. The first-order valence-corrected chi connectivity index (χ1v) is 5.47. The number of aliphatic imine (C=N–C) groups is 1. The number of alkyl halides is 1. The van der Waals surface area contributed by atoms with Gasteiger partial charge < -0.3 is 0 Å². The summed E-state index contributed by atoms with van der Waals surface area (Å²) in [6.45, 7) is 5.20. The number of benzene rings is 1. The molecule has 0 saturated heterocycles. The maximum absolute atomic E-state index is 12.8. The Hall–Kier alpha value is -1.34. The van der Waals surface area contributed by atoms with Crippen molar-refractivity contribution in [3.05, 3.63) is 42.0 Å². The lowest BCUT2D eigenvalue weighted by Crippen LogP contribution is -2.07. The van der Waals surface area contributed by atoms with Gasteiger partial charge in [0.25, 0.3) is 0 Å². The van der Waals surface area contributed by atoms with Crippen LogP contribution in [-0.4, -0.2) is 17.5 Å². The summed E-state index contributed by atoms with van der Waals surface area (Å²) in [5.41, 5.74) is 1.92. The predicted octanol–water partition coefficient (Wildman–Crippen LogP) is 3.29. The molecule has 84 valence electrons. The third kappa shape index (κ3) is 3.35. The zero-order valence-corrected chi connectivity index (χ0v) is 10.2. The largest absolute Gasteiger partial charge is 0.282 e. The molecule has 0 saturated carbocycles. The molecule has 4 heteroatoms.